The van der Waals surface area contributed by atoms with Gasteiger partial charge in [-0.05, 0) is 30.7 Å². The van der Waals surface area contributed by atoms with Gasteiger partial charge in [0, 0.05) is 10.9 Å². The van der Waals surface area contributed by atoms with E-state index in [0.29, 0.717) is 17.2 Å². The van der Waals surface area contributed by atoms with Crippen LogP contribution < -0.4 is 5.32 Å². The molecule has 27 heavy (non-hydrogen) atoms. The number of carbonyl (C=O) groups excluding carboxylic acids is 2. The van der Waals surface area contributed by atoms with Gasteiger partial charge >= 0.3 is 5.97 Å². The summed E-state index contributed by atoms with van der Waals surface area (Å²) in [6, 6.07) is 7.05. The third-order valence-electron chi connectivity index (χ3n) is 3.82. The fraction of sp³-hybridized carbons (Fsp3) is 0.158. The summed E-state index contributed by atoms with van der Waals surface area (Å²) in [6.45, 7) is 1.20. The average molecular weight is 377 g/mol. The fourth-order valence-corrected chi connectivity index (χ4v) is 2.49. The summed E-state index contributed by atoms with van der Waals surface area (Å²) < 4.78 is 49.7. The number of carbonyl (C=O) groups is 2. The molecular formula is C19H14F3NO4. The summed E-state index contributed by atoms with van der Waals surface area (Å²) in [7, 11) is 0. The number of hydrogen-bond acceptors (Lipinski definition) is 4. The van der Waals surface area contributed by atoms with Crippen LogP contribution in [0.3, 0.4) is 0 Å². The van der Waals surface area contributed by atoms with Crippen LogP contribution in [0.25, 0.3) is 11.0 Å². The molecule has 0 spiro atoms. The Bertz CT molecular complexity index is 1030. The van der Waals surface area contributed by atoms with E-state index >= 15 is 0 Å². The second kappa shape index (κ2) is 7.53. The molecule has 0 saturated carbocycles. The zero-order chi connectivity index (χ0) is 19.6. The minimum absolute atomic E-state index is 0.122. The summed E-state index contributed by atoms with van der Waals surface area (Å²) in [6.07, 6.45) is 1.31. The summed E-state index contributed by atoms with van der Waals surface area (Å²) in [4.78, 5) is 23.6. The standard InChI is InChI=1S/C19H14F3NO4/c1-10-2-3-12-11(8-26-15(12)6-10)7-17(25)27-9-16(24)23-14-5-4-13(20)18(21)19(14)22/h2-6,8H,7,9H2,1H3,(H,23,24). The largest absolute Gasteiger partial charge is 0.464 e. The number of halogens is 3. The van der Waals surface area contributed by atoms with Crippen LogP contribution in [-0.2, 0) is 20.7 Å². The highest BCUT2D eigenvalue weighted by atomic mass is 19.2. The molecule has 0 atom stereocenters. The second-order valence-corrected chi connectivity index (χ2v) is 5.87. The van der Waals surface area contributed by atoms with Crippen molar-refractivity contribution in [3.8, 4) is 0 Å². The number of esters is 1. The predicted octanol–water partition coefficient (Wildman–Crippen LogP) is 3.88. The number of fused-ring (bicyclic) bond motifs is 1. The number of ether oxygens (including phenoxy) is 1. The van der Waals surface area contributed by atoms with E-state index in [1.807, 2.05) is 30.4 Å². The SMILES string of the molecule is Cc1ccc2c(CC(=O)OCC(=O)Nc3ccc(F)c(F)c3F)coc2c1. The Balaban J connectivity index is 1.57. The Kier molecular flexibility index (Phi) is 5.16. The zero-order valence-corrected chi connectivity index (χ0v) is 14.1. The van der Waals surface area contributed by atoms with Crippen molar-refractivity contribution in [2.45, 2.75) is 13.3 Å². The fourth-order valence-electron chi connectivity index (χ4n) is 2.49. The van der Waals surface area contributed by atoms with E-state index in [0.717, 1.165) is 17.0 Å². The molecule has 1 N–H and O–H groups in total. The first-order chi connectivity index (χ1) is 12.8. The maximum absolute atomic E-state index is 13.5. The smallest absolute Gasteiger partial charge is 0.310 e. The molecule has 0 radical (unpaired) electrons. The Morgan fingerprint density at radius 2 is 1.89 bits per heavy atom. The summed E-state index contributed by atoms with van der Waals surface area (Å²) in [5.74, 6) is -6.19. The van der Waals surface area contributed by atoms with Gasteiger partial charge in [-0.2, -0.15) is 0 Å². The van der Waals surface area contributed by atoms with Crippen molar-refractivity contribution in [1.29, 1.82) is 0 Å². The first-order valence-corrected chi connectivity index (χ1v) is 7.91. The lowest BCUT2D eigenvalue weighted by atomic mass is 10.1. The number of hydrogen-bond donors (Lipinski definition) is 1. The van der Waals surface area contributed by atoms with Crippen molar-refractivity contribution >= 4 is 28.5 Å². The van der Waals surface area contributed by atoms with Crippen LogP contribution in [0.2, 0.25) is 0 Å². The first-order valence-electron chi connectivity index (χ1n) is 7.91. The lowest BCUT2D eigenvalue weighted by Crippen LogP contribution is -2.22. The molecule has 0 aliphatic heterocycles. The van der Waals surface area contributed by atoms with Crippen molar-refractivity contribution in [1.82, 2.24) is 0 Å². The van der Waals surface area contributed by atoms with Crippen molar-refractivity contribution in [3.05, 3.63) is 65.2 Å². The van der Waals surface area contributed by atoms with Crippen molar-refractivity contribution < 1.29 is 31.9 Å². The van der Waals surface area contributed by atoms with Crippen LogP contribution in [0.1, 0.15) is 11.1 Å². The van der Waals surface area contributed by atoms with E-state index in [4.69, 9.17) is 9.15 Å². The number of anilines is 1. The van der Waals surface area contributed by atoms with Gasteiger partial charge in [0.1, 0.15) is 5.58 Å². The average Bonchev–Trinajstić information content (AvgIpc) is 3.02. The van der Waals surface area contributed by atoms with E-state index in [-0.39, 0.29) is 6.42 Å². The number of amides is 1. The molecule has 0 aliphatic carbocycles. The molecule has 0 aliphatic rings. The molecule has 3 aromatic rings. The van der Waals surface area contributed by atoms with Crippen LogP contribution in [0, 0.1) is 24.4 Å². The van der Waals surface area contributed by atoms with E-state index in [2.05, 4.69) is 0 Å². The van der Waals surface area contributed by atoms with Crippen molar-refractivity contribution in [2.75, 3.05) is 11.9 Å². The monoisotopic (exact) mass is 377 g/mol. The Labute approximate surface area is 151 Å². The number of benzene rings is 2. The number of nitrogens with one attached hydrogen (secondary N) is 1. The molecule has 0 fully saturated rings. The Hall–Kier alpha value is -3.29. The highest BCUT2D eigenvalue weighted by Gasteiger charge is 2.17. The molecule has 0 saturated heterocycles. The first kappa shape index (κ1) is 18.5. The van der Waals surface area contributed by atoms with Gasteiger partial charge in [-0.3, -0.25) is 9.59 Å². The van der Waals surface area contributed by atoms with E-state index in [1.54, 1.807) is 0 Å². The highest BCUT2D eigenvalue weighted by molar-refractivity contribution is 5.93. The third kappa shape index (κ3) is 4.11. The molecule has 1 heterocycles. The predicted molar refractivity (Wildman–Crippen MR) is 90.6 cm³/mol. The van der Waals surface area contributed by atoms with E-state index < -0.39 is 41.6 Å². The van der Waals surface area contributed by atoms with Crippen LogP contribution in [-0.4, -0.2) is 18.5 Å². The molecule has 2 aromatic carbocycles. The number of aryl methyl sites for hydroxylation is 1. The van der Waals surface area contributed by atoms with Gasteiger partial charge in [-0.15, -0.1) is 0 Å². The molecule has 140 valence electrons. The molecule has 8 heteroatoms. The lowest BCUT2D eigenvalue weighted by molar-refractivity contribution is -0.146. The van der Waals surface area contributed by atoms with Gasteiger partial charge < -0.3 is 14.5 Å². The maximum atomic E-state index is 13.5. The molecule has 1 amide bonds. The minimum atomic E-state index is -1.70. The Morgan fingerprint density at radius 1 is 1.11 bits per heavy atom. The minimum Gasteiger partial charge on any atom is -0.464 e. The van der Waals surface area contributed by atoms with Gasteiger partial charge in [0.05, 0.1) is 18.4 Å². The summed E-state index contributed by atoms with van der Waals surface area (Å²) in [5, 5.41) is 2.77. The van der Waals surface area contributed by atoms with Gasteiger partial charge in [-0.25, -0.2) is 13.2 Å². The zero-order valence-electron chi connectivity index (χ0n) is 14.1. The topological polar surface area (TPSA) is 68.5 Å². The lowest BCUT2D eigenvalue weighted by Gasteiger charge is -2.08. The molecule has 0 bridgehead atoms. The van der Waals surface area contributed by atoms with Gasteiger partial charge in [0.15, 0.2) is 24.1 Å². The van der Waals surface area contributed by atoms with Crippen LogP contribution in [0.15, 0.2) is 41.0 Å². The van der Waals surface area contributed by atoms with E-state index in [9.17, 15) is 22.8 Å². The summed E-state index contributed by atoms with van der Waals surface area (Å²) >= 11 is 0. The normalized spacial score (nSPS) is 10.8. The van der Waals surface area contributed by atoms with Gasteiger partial charge in [-0.1, -0.05) is 12.1 Å². The number of rotatable bonds is 5. The highest BCUT2D eigenvalue weighted by Crippen LogP contribution is 2.23. The van der Waals surface area contributed by atoms with Crippen molar-refractivity contribution in [2.24, 2.45) is 0 Å². The van der Waals surface area contributed by atoms with Crippen LogP contribution in [0.5, 0.6) is 0 Å². The maximum Gasteiger partial charge on any atom is 0.310 e. The quantitative estimate of drug-likeness (QED) is 0.541. The summed E-state index contributed by atoms with van der Waals surface area (Å²) in [5.41, 5.74) is 1.68. The second-order valence-electron chi connectivity index (χ2n) is 5.87. The molecule has 0 unspecified atom stereocenters. The van der Waals surface area contributed by atoms with Crippen molar-refractivity contribution in [3.63, 3.8) is 0 Å². The number of furan rings is 1. The molecule has 5 nitrogen and oxygen atoms in total. The van der Waals surface area contributed by atoms with Gasteiger partial charge in [0.2, 0.25) is 0 Å². The van der Waals surface area contributed by atoms with Crippen LogP contribution in [0.4, 0.5) is 18.9 Å². The van der Waals surface area contributed by atoms with E-state index in [1.165, 1.54) is 6.26 Å². The molecular weight excluding hydrogens is 363 g/mol. The van der Waals surface area contributed by atoms with Crippen LogP contribution >= 0.6 is 0 Å². The third-order valence-corrected chi connectivity index (χ3v) is 3.82. The Morgan fingerprint density at radius 3 is 2.67 bits per heavy atom. The molecule has 1 aromatic heterocycles. The molecule has 3 rings (SSSR count). The van der Waals surface area contributed by atoms with Gasteiger partial charge in [0.25, 0.3) is 5.91 Å².